The summed E-state index contributed by atoms with van der Waals surface area (Å²) in [4.78, 5) is 10.8. The molecular formula is C17H18O5. The molecule has 0 spiro atoms. The molecule has 5 nitrogen and oxygen atoms in total. The van der Waals surface area contributed by atoms with Crippen LogP contribution in [0, 0.1) is 13.8 Å². The van der Waals surface area contributed by atoms with Gasteiger partial charge >= 0.3 is 5.97 Å². The van der Waals surface area contributed by atoms with Crippen LogP contribution in [0.25, 0.3) is 0 Å². The lowest BCUT2D eigenvalue weighted by atomic mass is 10.1. The van der Waals surface area contributed by atoms with Crippen molar-refractivity contribution in [3.05, 3.63) is 53.1 Å². The summed E-state index contributed by atoms with van der Waals surface area (Å²) in [6.07, 6.45) is -0.587. The average molecular weight is 302 g/mol. The molecule has 0 aliphatic heterocycles. The van der Waals surface area contributed by atoms with Crippen molar-refractivity contribution in [2.45, 2.75) is 27.1 Å². The molecule has 22 heavy (non-hydrogen) atoms. The van der Waals surface area contributed by atoms with E-state index < -0.39 is 12.3 Å². The van der Waals surface area contributed by atoms with Crippen LogP contribution in [0.1, 0.15) is 28.4 Å². The van der Waals surface area contributed by atoms with Crippen molar-refractivity contribution in [3.8, 4) is 17.2 Å². The van der Waals surface area contributed by atoms with Crippen LogP contribution in [-0.2, 0) is 0 Å². The SMILES string of the molecule is Cc1ccc(OC(C)Oc2ccc(C(=O)O)c(O)c2)c(C)c1. The Morgan fingerprint density at radius 1 is 1.09 bits per heavy atom. The Morgan fingerprint density at radius 3 is 2.41 bits per heavy atom. The van der Waals surface area contributed by atoms with Crippen LogP contribution in [0.4, 0.5) is 0 Å². The van der Waals surface area contributed by atoms with Crippen molar-refractivity contribution in [2.75, 3.05) is 0 Å². The summed E-state index contributed by atoms with van der Waals surface area (Å²) in [6.45, 7) is 5.67. The number of carboxylic acid groups (broad SMARTS) is 1. The van der Waals surface area contributed by atoms with E-state index in [9.17, 15) is 9.90 Å². The molecule has 2 rings (SSSR count). The minimum Gasteiger partial charge on any atom is -0.507 e. The molecule has 1 unspecified atom stereocenters. The number of phenols is 1. The third-order valence-corrected chi connectivity index (χ3v) is 3.13. The molecule has 0 saturated heterocycles. The van der Waals surface area contributed by atoms with Gasteiger partial charge in [-0.15, -0.1) is 0 Å². The number of hydrogen-bond donors (Lipinski definition) is 2. The number of benzene rings is 2. The lowest BCUT2D eigenvalue weighted by molar-refractivity contribution is 0.0216. The third kappa shape index (κ3) is 3.69. The van der Waals surface area contributed by atoms with E-state index in [2.05, 4.69) is 0 Å². The molecule has 0 radical (unpaired) electrons. The van der Waals surface area contributed by atoms with Crippen molar-refractivity contribution in [1.82, 2.24) is 0 Å². The van der Waals surface area contributed by atoms with Gasteiger partial charge in [-0.1, -0.05) is 17.7 Å². The fourth-order valence-electron chi connectivity index (χ4n) is 2.09. The lowest BCUT2D eigenvalue weighted by Crippen LogP contribution is -2.20. The predicted octanol–water partition coefficient (Wildman–Crippen LogP) is 3.51. The summed E-state index contributed by atoms with van der Waals surface area (Å²) in [5.41, 5.74) is 1.97. The van der Waals surface area contributed by atoms with Crippen molar-refractivity contribution in [1.29, 1.82) is 0 Å². The molecule has 0 amide bonds. The molecular weight excluding hydrogens is 284 g/mol. The molecule has 1 atom stereocenters. The van der Waals surface area contributed by atoms with Crippen LogP contribution >= 0.6 is 0 Å². The number of aromatic hydroxyl groups is 1. The number of aryl methyl sites for hydroxylation is 2. The van der Waals surface area contributed by atoms with Gasteiger partial charge in [-0.2, -0.15) is 0 Å². The van der Waals surface area contributed by atoms with Crippen molar-refractivity contribution in [3.63, 3.8) is 0 Å². The third-order valence-electron chi connectivity index (χ3n) is 3.13. The van der Waals surface area contributed by atoms with E-state index in [1.807, 2.05) is 32.0 Å². The van der Waals surface area contributed by atoms with Crippen LogP contribution in [0.2, 0.25) is 0 Å². The minimum absolute atomic E-state index is 0.171. The zero-order chi connectivity index (χ0) is 16.3. The lowest BCUT2D eigenvalue weighted by Gasteiger charge is -2.18. The smallest absolute Gasteiger partial charge is 0.339 e. The van der Waals surface area contributed by atoms with Crippen LogP contribution in [0.5, 0.6) is 17.2 Å². The van der Waals surface area contributed by atoms with E-state index in [1.165, 1.54) is 18.2 Å². The first-order chi connectivity index (χ1) is 10.4. The van der Waals surface area contributed by atoms with E-state index >= 15 is 0 Å². The highest BCUT2D eigenvalue weighted by Gasteiger charge is 2.13. The van der Waals surface area contributed by atoms with Gasteiger partial charge in [-0.25, -0.2) is 4.79 Å². The molecule has 0 aliphatic carbocycles. The van der Waals surface area contributed by atoms with Gasteiger partial charge in [0.1, 0.15) is 22.8 Å². The number of ether oxygens (including phenoxy) is 2. The van der Waals surface area contributed by atoms with Crippen molar-refractivity contribution in [2.24, 2.45) is 0 Å². The maximum atomic E-state index is 10.8. The maximum absolute atomic E-state index is 10.8. The molecule has 0 fully saturated rings. The van der Waals surface area contributed by atoms with Gasteiger partial charge in [0.15, 0.2) is 0 Å². The molecule has 0 saturated carbocycles. The Hall–Kier alpha value is -2.69. The number of carbonyl (C=O) groups is 1. The molecule has 5 heteroatoms. The van der Waals surface area contributed by atoms with Gasteiger partial charge < -0.3 is 19.7 Å². The van der Waals surface area contributed by atoms with Crippen LogP contribution in [-0.4, -0.2) is 22.5 Å². The van der Waals surface area contributed by atoms with Crippen molar-refractivity contribution >= 4 is 5.97 Å². The molecule has 0 aromatic heterocycles. The summed E-state index contributed by atoms with van der Waals surface area (Å²) in [5.74, 6) is -0.489. The predicted molar refractivity (Wildman–Crippen MR) is 81.7 cm³/mol. The first kappa shape index (κ1) is 15.7. The Balaban J connectivity index is 2.07. The highest BCUT2D eigenvalue weighted by atomic mass is 16.7. The minimum atomic E-state index is -1.19. The molecule has 2 aromatic rings. The molecule has 2 N–H and O–H groups in total. The van der Waals surface area contributed by atoms with Gasteiger partial charge in [0.05, 0.1) is 0 Å². The quantitative estimate of drug-likeness (QED) is 0.827. The summed E-state index contributed by atoms with van der Waals surface area (Å²) in [6, 6.07) is 9.85. The van der Waals surface area contributed by atoms with E-state index in [-0.39, 0.29) is 11.3 Å². The van der Waals surface area contributed by atoms with Gasteiger partial charge in [-0.3, -0.25) is 0 Å². The molecule has 2 aromatic carbocycles. The summed E-state index contributed by atoms with van der Waals surface area (Å²) >= 11 is 0. The van der Waals surface area contributed by atoms with Crippen LogP contribution < -0.4 is 9.47 Å². The fraction of sp³-hybridized carbons (Fsp3) is 0.235. The first-order valence-electron chi connectivity index (χ1n) is 6.83. The Kier molecular flexibility index (Phi) is 4.56. The number of carboxylic acids is 1. The first-order valence-corrected chi connectivity index (χ1v) is 6.83. The zero-order valence-corrected chi connectivity index (χ0v) is 12.7. The highest BCUT2D eigenvalue weighted by molar-refractivity contribution is 5.90. The number of hydrogen-bond acceptors (Lipinski definition) is 4. The summed E-state index contributed by atoms with van der Waals surface area (Å²) in [5, 5.41) is 18.5. The van der Waals surface area contributed by atoms with Crippen LogP contribution in [0.3, 0.4) is 0 Å². The van der Waals surface area contributed by atoms with Gasteiger partial charge in [0, 0.05) is 13.0 Å². The van der Waals surface area contributed by atoms with E-state index in [0.29, 0.717) is 11.5 Å². The monoisotopic (exact) mass is 302 g/mol. The van der Waals surface area contributed by atoms with E-state index in [4.69, 9.17) is 14.6 Å². The number of aromatic carboxylic acids is 1. The fourth-order valence-corrected chi connectivity index (χ4v) is 2.09. The normalized spacial score (nSPS) is 11.8. The van der Waals surface area contributed by atoms with Crippen molar-refractivity contribution < 1.29 is 24.5 Å². The number of rotatable bonds is 5. The summed E-state index contributed by atoms with van der Waals surface area (Å²) < 4.78 is 11.2. The van der Waals surface area contributed by atoms with E-state index in [0.717, 1.165) is 11.1 Å². The molecule has 0 bridgehead atoms. The molecule has 0 heterocycles. The largest absolute Gasteiger partial charge is 0.507 e. The second kappa shape index (κ2) is 6.39. The Morgan fingerprint density at radius 2 is 1.82 bits per heavy atom. The Bertz CT molecular complexity index is 693. The summed E-state index contributed by atoms with van der Waals surface area (Å²) in [7, 11) is 0. The van der Waals surface area contributed by atoms with E-state index in [1.54, 1.807) is 6.92 Å². The average Bonchev–Trinajstić information content (AvgIpc) is 2.41. The van der Waals surface area contributed by atoms with Crippen LogP contribution in [0.15, 0.2) is 36.4 Å². The second-order valence-corrected chi connectivity index (χ2v) is 5.06. The Labute approximate surface area is 128 Å². The van der Waals surface area contributed by atoms with Gasteiger partial charge in [0.25, 0.3) is 0 Å². The zero-order valence-electron chi connectivity index (χ0n) is 12.7. The molecule has 0 aliphatic rings. The standard InChI is InChI=1S/C17H18O5/c1-10-4-7-16(11(2)8-10)22-12(3)21-13-5-6-14(17(19)20)15(18)9-13/h4-9,12,18H,1-3H3,(H,19,20). The van der Waals surface area contributed by atoms with Gasteiger partial charge in [-0.05, 0) is 37.6 Å². The second-order valence-electron chi connectivity index (χ2n) is 5.06. The molecule has 116 valence electrons. The topological polar surface area (TPSA) is 76.0 Å². The van der Waals surface area contributed by atoms with Gasteiger partial charge in [0.2, 0.25) is 6.29 Å². The maximum Gasteiger partial charge on any atom is 0.339 e. The highest BCUT2D eigenvalue weighted by Crippen LogP contribution is 2.26.